The Hall–Kier alpha value is -2.15. The summed E-state index contributed by atoms with van der Waals surface area (Å²) in [6.45, 7) is 0.446. The highest BCUT2D eigenvalue weighted by Crippen LogP contribution is 2.18. The summed E-state index contributed by atoms with van der Waals surface area (Å²) in [5.41, 5.74) is 0. The molecule has 1 aliphatic heterocycles. The normalized spacial score (nSPS) is 18.8. The van der Waals surface area contributed by atoms with Crippen LogP contribution in [-0.2, 0) is 9.59 Å². The molecule has 1 aromatic heterocycles. The number of carbonyl (C=O) groups excluding carboxylic acids is 2. The number of aliphatic carboxylic acids is 1. The molecular weight excluding hydrogens is 280 g/mol. The van der Waals surface area contributed by atoms with Gasteiger partial charge in [-0.1, -0.05) is 0 Å². The van der Waals surface area contributed by atoms with E-state index in [-0.39, 0.29) is 17.9 Å². The minimum atomic E-state index is -1.03. The van der Waals surface area contributed by atoms with E-state index < -0.39 is 5.97 Å². The molecule has 1 atom stereocenters. The van der Waals surface area contributed by atoms with E-state index in [0.717, 1.165) is 6.08 Å². The zero-order valence-electron chi connectivity index (χ0n) is 10.6. The molecule has 1 fully saturated rings. The van der Waals surface area contributed by atoms with Gasteiger partial charge in [0.2, 0.25) is 5.91 Å². The van der Waals surface area contributed by atoms with Crippen LogP contribution in [0.4, 0.5) is 0 Å². The van der Waals surface area contributed by atoms with Crippen LogP contribution in [0, 0.1) is 0 Å². The number of thiophene rings is 1. The zero-order valence-corrected chi connectivity index (χ0v) is 11.4. The van der Waals surface area contributed by atoms with Crippen molar-refractivity contribution in [1.29, 1.82) is 0 Å². The van der Waals surface area contributed by atoms with Gasteiger partial charge in [0.05, 0.1) is 4.88 Å². The first-order chi connectivity index (χ1) is 9.54. The summed E-state index contributed by atoms with van der Waals surface area (Å²) in [7, 11) is 0. The molecule has 0 saturated carbocycles. The quantitative estimate of drug-likeness (QED) is 0.718. The van der Waals surface area contributed by atoms with Gasteiger partial charge in [0.25, 0.3) is 5.91 Å². The van der Waals surface area contributed by atoms with E-state index in [0.29, 0.717) is 29.1 Å². The van der Waals surface area contributed by atoms with Crippen molar-refractivity contribution in [2.45, 2.75) is 18.9 Å². The lowest BCUT2D eigenvalue weighted by Gasteiger charge is -2.23. The summed E-state index contributed by atoms with van der Waals surface area (Å²) in [6.07, 6.45) is 3.53. The number of piperidine rings is 1. The first-order valence-electron chi connectivity index (χ1n) is 6.13. The van der Waals surface area contributed by atoms with E-state index >= 15 is 0 Å². The molecule has 2 amide bonds. The van der Waals surface area contributed by atoms with Crippen molar-refractivity contribution < 1.29 is 19.5 Å². The summed E-state index contributed by atoms with van der Waals surface area (Å²) < 4.78 is 0. The van der Waals surface area contributed by atoms with Gasteiger partial charge < -0.3 is 15.7 Å². The van der Waals surface area contributed by atoms with Gasteiger partial charge in [-0.3, -0.25) is 9.59 Å². The Balaban J connectivity index is 1.92. The second-order valence-corrected chi connectivity index (χ2v) is 5.50. The molecule has 0 spiro atoms. The van der Waals surface area contributed by atoms with Crippen molar-refractivity contribution in [3.05, 3.63) is 28.0 Å². The predicted octanol–water partition coefficient (Wildman–Crippen LogP) is 0.854. The number of amides is 2. The van der Waals surface area contributed by atoms with Crippen molar-refractivity contribution in [3.8, 4) is 0 Å². The second kappa shape index (κ2) is 6.33. The zero-order chi connectivity index (χ0) is 14.5. The molecule has 2 rings (SSSR count). The predicted molar refractivity (Wildman–Crippen MR) is 74.5 cm³/mol. The smallest absolute Gasteiger partial charge is 0.328 e. The number of carbonyl (C=O) groups is 3. The topological polar surface area (TPSA) is 95.5 Å². The largest absolute Gasteiger partial charge is 0.478 e. The first kappa shape index (κ1) is 14.3. The van der Waals surface area contributed by atoms with E-state index in [1.165, 1.54) is 17.4 Å². The highest BCUT2D eigenvalue weighted by Gasteiger charge is 2.20. The van der Waals surface area contributed by atoms with Gasteiger partial charge in [0.15, 0.2) is 0 Å². The Kier molecular flexibility index (Phi) is 4.52. The molecule has 20 heavy (non-hydrogen) atoms. The van der Waals surface area contributed by atoms with Gasteiger partial charge in [-0.15, -0.1) is 11.3 Å². The van der Waals surface area contributed by atoms with Crippen molar-refractivity contribution in [3.63, 3.8) is 0 Å². The molecule has 1 aliphatic rings. The van der Waals surface area contributed by atoms with Crippen LogP contribution >= 0.6 is 11.3 Å². The molecule has 0 radical (unpaired) electrons. The van der Waals surface area contributed by atoms with Gasteiger partial charge in [-0.05, 0) is 24.6 Å². The van der Waals surface area contributed by atoms with Crippen LogP contribution in [0.1, 0.15) is 27.4 Å². The standard InChI is InChI=1S/C13H14N2O4S/c16-11-5-1-8(7-14-11)15-13(19)10-4-2-9(20-10)3-6-12(17)18/h2-4,6,8H,1,5,7H2,(H,14,16)(H,15,19)(H,17,18). The van der Waals surface area contributed by atoms with Gasteiger partial charge in [0.1, 0.15) is 0 Å². The summed E-state index contributed by atoms with van der Waals surface area (Å²) in [6, 6.07) is 3.30. The minimum absolute atomic E-state index is 0.00715. The van der Waals surface area contributed by atoms with Crippen LogP contribution in [0.2, 0.25) is 0 Å². The van der Waals surface area contributed by atoms with E-state index in [2.05, 4.69) is 10.6 Å². The first-order valence-corrected chi connectivity index (χ1v) is 6.94. The average Bonchev–Trinajstić information content (AvgIpc) is 2.88. The molecule has 2 heterocycles. The third-order valence-corrected chi connectivity index (χ3v) is 3.89. The lowest BCUT2D eigenvalue weighted by atomic mass is 10.1. The number of nitrogens with one attached hydrogen (secondary N) is 2. The van der Waals surface area contributed by atoms with Gasteiger partial charge in [-0.25, -0.2) is 4.79 Å². The van der Waals surface area contributed by atoms with Crippen molar-refractivity contribution in [2.24, 2.45) is 0 Å². The van der Waals surface area contributed by atoms with Gasteiger partial charge in [0, 0.05) is 30.0 Å². The number of carboxylic acids is 1. The van der Waals surface area contributed by atoms with Crippen LogP contribution < -0.4 is 10.6 Å². The van der Waals surface area contributed by atoms with Crippen LogP contribution in [0.25, 0.3) is 6.08 Å². The molecule has 0 aromatic carbocycles. The Morgan fingerprint density at radius 2 is 2.25 bits per heavy atom. The fourth-order valence-electron chi connectivity index (χ4n) is 1.83. The van der Waals surface area contributed by atoms with Gasteiger partial charge in [-0.2, -0.15) is 0 Å². The Labute approximate surface area is 119 Å². The highest BCUT2D eigenvalue weighted by molar-refractivity contribution is 7.14. The molecule has 0 bridgehead atoms. The van der Waals surface area contributed by atoms with E-state index in [1.54, 1.807) is 12.1 Å². The third-order valence-electron chi connectivity index (χ3n) is 2.84. The Morgan fingerprint density at radius 3 is 2.90 bits per heavy atom. The number of hydrogen-bond donors (Lipinski definition) is 3. The average molecular weight is 294 g/mol. The summed E-state index contributed by atoms with van der Waals surface area (Å²) in [4.78, 5) is 34.6. The molecule has 3 N–H and O–H groups in total. The number of rotatable bonds is 4. The van der Waals surface area contributed by atoms with Crippen LogP contribution in [0.15, 0.2) is 18.2 Å². The molecule has 1 saturated heterocycles. The molecule has 1 aromatic rings. The number of carboxylic acid groups (broad SMARTS) is 1. The lowest BCUT2D eigenvalue weighted by molar-refractivity contribution is -0.131. The molecule has 1 unspecified atom stereocenters. The lowest BCUT2D eigenvalue weighted by Crippen LogP contribution is -2.47. The van der Waals surface area contributed by atoms with E-state index in [9.17, 15) is 14.4 Å². The molecule has 6 nitrogen and oxygen atoms in total. The van der Waals surface area contributed by atoms with E-state index in [1.807, 2.05) is 0 Å². The second-order valence-electron chi connectivity index (χ2n) is 4.39. The Bertz CT molecular complexity index is 554. The number of hydrogen-bond acceptors (Lipinski definition) is 4. The van der Waals surface area contributed by atoms with Crippen LogP contribution in [0.3, 0.4) is 0 Å². The maximum Gasteiger partial charge on any atom is 0.328 e. The Morgan fingerprint density at radius 1 is 1.45 bits per heavy atom. The molecule has 0 aliphatic carbocycles. The summed E-state index contributed by atoms with van der Waals surface area (Å²) in [5, 5.41) is 14.1. The van der Waals surface area contributed by atoms with Crippen molar-refractivity contribution in [1.82, 2.24) is 10.6 Å². The summed E-state index contributed by atoms with van der Waals surface area (Å²) >= 11 is 1.22. The fraction of sp³-hybridized carbons (Fsp3) is 0.308. The third kappa shape index (κ3) is 3.92. The SMILES string of the molecule is O=C(O)C=Cc1ccc(C(=O)NC2CCC(=O)NC2)s1. The highest BCUT2D eigenvalue weighted by atomic mass is 32.1. The van der Waals surface area contributed by atoms with Gasteiger partial charge >= 0.3 is 5.97 Å². The van der Waals surface area contributed by atoms with E-state index in [4.69, 9.17) is 5.11 Å². The fourth-order valence-corrected chi connectivity index (χ4v) is 2.64. The summed E-state index contributed by atoms with van der Waals surface area (Å²) in [5.74, 6) is -1.22. The molecule has 7 heteroatoms. The monoisotopic (exact) mass is 294 g/mol. The molecule has 106 valence electrons. The molecular formula is C13H14N2O4S. The van der Waals surface area contributed by atoms with Crippen molar-refractivity contribution >= 4 is 35.2 Å². The van der Waals surface area contributed by atoms with Crippen LogP contribution in [-0.4, -0.2) is 35.5 Å². The van der Waals surface area contributed by atoms with Crippen molar-refractivity contribution in [2.75, 3.05) is 6.54 Å². The maximum atomic E-state index is 12.0. The maximum absolute atomic E-state index is 12.0. The van der Waals surface area contributed by atoms with Crippen LogP contribution in [0.5, 0.6) is 0 Å². The minimum Gasteiger partial charge on any atom is -0.478 e.